The SMILES string of the molecule is COc1ccc(S(=O)(=O)NC(C)c2ccc(C)o2)cc1OC. The Kier molecular flexibility index (Phi) is 4.77. The number of furan rings is 1. The molecule has 1 atom stereocenters. The second-order valence-electron chi connectivity index (χ2n) is 4.81. The van der Waals surface area contributed by atoms with Crippen LogP contribution in [0, 0.1) is 6.92 Å². The minimum atomic E-state index is -3.70. The van der Waals surface area contributed by atoms with Crippen LogP contribution >= 0.6 is 0 Å². The summed E-state index contributed by atoms with van der Waals surface area (Å²) in [5.41, 5.74) is 0. The van der Waals surface area contributed by atoms with Crippen molar-refractivity contribution in [2.45, 2.75) is 24.8 Å². The highest BCUT2D eigenvalue weighted by atomic mass is 32.2. The van der Waals surface area contributed by atoms with Crippen molar-refractivity contribution < 1.29 is 22.3 Å². The predicted octanol–water partition coefficient (Wildman–Crippen LogP) is 2.64. The van der Waals surface area contributed by atoms with Crippen LogP contribution in [0.3, 0.4) is 0 Å². The van der Waals surface area contributed by atoms with Gasteiger partial charge >= 0.3 is 0 Å². The molecular weight excluding hydrogens is 306 g/mol. The van der Waals surface area contributed by atoms with E-state index in [1.807, 2.05) is 0 Å². The summed E-state index contributed by atoms with van der Waals surface area (Å²) in [6.07, 6.45) is 0. The van der Waals surface area contributed by atoms with Crippen LogP contribution in [0.2, 0.25) is 0 Å². The lowest BCUT2D eigenvalue weighted by atomic mass is 10.3. The van der Waals surface area contributed by atoms with Gasteiger partial charge in [0.2, 0.25) is 10.0 Å². The van der Waals surface area contributed by atoms with Crippen molar-refractivity contribution in [1.82, 2.24) is 4.72 Å². The molecule has 0 aliphatic heterocycles. The van der Waals surface area contributed by atoms with Gasteiger partial charge in [0.15, 0.2) is 11.5 Å². The molecule has 2 aromatic rings. The smallest absolute Gasteiger partial charge is 0.241 e. The standard InChI is InChI=1S/C15H19NO5S/c1-10-5-7-13(21-10)11(2)16-22(17,18)12-6-8-14(19-3)15(9-12)20-4/h5-9,11,16H,1-4H3. The molecule has 0 saturated carbocycles. The molecule has 0 aliphatic rings. The van der Waals surface area contributed by atoms with E-state index in [1.165, 1.54) is 26.4 Å². The first kappa shape index (κ1) is 16.4. The third-order valence-corrected chi connectivity index (χ3v) is 4.72. The molecule has 0 spiro atoms. The van der Waals surface area contributed by atoms with Crippen molar-refractivity contribution in [2.24, 2.45) is 0 Å². The van der Waals surface area contributed by atoms with Crippen molar-refractivity contribution in [2.75, 3.05) is 14.2 Å². The van der Waals surface area contributed by atoms with Gasteiger partial charge in [-0.25, -0.2) is 13.1 Å². The minimum absolute atomic E-state index is 0.0975. The second kappa shape index (κ2) is 6.41. The van der Waals surface area contributed by atoms with E-state index >= 15 is 0 Å². The van der Waals surface area contributed by atoms with Gasteiger partial charge in [0.1, 0.15) is 11.5 Å². The van der Waals surface area contributed by atoms with E-state index in [0.717, 1.165) is 5.76 Å². The van der Waals surface area contributed by atoms with Gasteiger partial charge in [0.25, 0.3) is 0 Å². The number of ether oxygens (including phenoxy) is 2. The lowest BCUT2D eigenvalue weighted by Crippen LogP contribution is -2.26. The van der Waals surface area contributed by atoms with Gasteiger partial charge in [0, 0.05) is 6.07 Å². The van der Waals surface area contributed by atoms with Crippen LogP contribution in [0.15, 0.2) is 39.6 Å². The molecule has 1 aromatic carbocycles. The Morgan fingerprint density at radius 1 is 1.09 bits per heavy atom. The maximum Gasteiger partial charge on any atom is 0.241 e. The van der Waals surface area contributed by atoms with Crippen LogP contribution in [-0.4, -0.2) is 22.6 Å². The highest BCUT2D eigenvalue weighted by Crippen LogP contribution is 2.30. The Morgan fingerprint density at radius 3 is 2.32 bits per heavy atom. The fraction of sp³-hybridized carbons (Fsp3) is 0.333. The van der Waals surface area contributed by atoms with E-state index in [4.69, 9.17) is 13.9 Å². The molecule has 0 bridgehead atoms. The lowest BCUT2D eigenvalue weighted by molar-refractivity contribution is 0.354. The number of benzene rings is 1. The highest BCUT2D eigenvalue weighted by molar-refractivity contribution is 7.89. The van der Waals surface area contributed by atoms with Gasteiger partial charge in [0.05, 0.1) is 25.2 Å². The monoisotopic (exact) mass is 325 g/mol. The first-order valence-electron chi connectivity index (χ1n) is 6.68. The largest absolute Gasteiger partial charge is 0.493 e. The van der Waals surface area contributed by atoms with E-state index < -0.39 is 16.1 Å². The summed E-state index contributed by atoms with van der Waals surface area (Å²) in [7, 11) is -0.756. The van der Waals surface area contributed by atoms with Gasteiger partial charge in [-0.05, 0) is 38.1 Å². The summed E-state index contributed by atoms with van der Waals surface area (Å²) in [6.45, 7) is 3.52. The van der Waals surface area contributed by atoms with Gasteiger partial charge in [-0.1, -0.05) is 0 Å². The zero-order chi connectivity index (χ0) is 16.3. The Bertz CT molecular complexity index is 751. The van der Waals surface area contributed by atoms with Crippen LogP contribution in [0.4, 0.5) is 0 Å². The molecule has 0 saturated heterocycles. The fourth-order valence-corrected chi connectivity index (χ4v) is 3.26. The summed E-state index contributed by atoms with van der Waals surface area (Å²) in [4.78, 5) is 0.0975. The lowest BCUT2D eigenvalue weighted by Gasteiger charge is -2.14. The van der Waals surface area contributed by atoms with Crippen LogP contribution in [0.5, 0.6) is 11.5 Å². The third kappa shape index (κ3) is 3.42. The topological polar surface area (TPSA) is 77.8 Å². The van der Waals surface area contributed by atoms with Crippen LogP contribution in [-0.2, 0) is 10.0 Å². The first-order chi connectivity index (χ1) is 10.4. The van der Waals surface area contributed by atoms with Crippen LogP contribution in [0.1, 0.15) is 24.5 Å². The Hall–Kier alpha value is -1.99. The minimum Gasteiger partial charge on any atom is -0.493 e. The molecule has 6 nitrogen and oxygen atoms in total. The van der Waals surface area contributed by atoms with Gasteiger partial charge < -0.3 is 13.9 Å². The number of hydrogen-bond acceptors (Lipinski definition) is 5. The van der Waals surface area contributed by atoms with Crippen molar-refractivity contribution >= 4 is 10.0 Å². The number of rotatable bonds is 6. The second-order valence-corrected chi connectivity index (χ2v) is 6.52. The van der Waals surface area contributed by atoms with Crippen molar-refractivity contribution in [3.63, 3.8) is 0 Å². The average Bonchev–Trinajstić information content (AvgIpc) is 2.92. The Labute approximate surface area is 130 Å². The third-order valence-electron chi connectivity index (χ3n) is 3.19. The molecule has 1 unspecified atom stereocenters. The van der Waals surface area contributed by atoms with E-state index in [0.29, 0.717) is 17.3 Å². The molecule has 1 aromatic heterocycles. The van der Waals surface area contributed by atoms with E-state index in [2.05, 4.69) is 4.72 Å². The zero-order valence-corrected chi connectivity index (χ0v) is 13.7. The molecule has 7 heteroatoms. The average molecular weight is 325 g/mol. The summed E-state index contributed by atoms with van der Waals surface area (Å²) in [5.74, 6) is 2.11. The molecule has 0 amide bonds. The molecule has 120 valence electrons. The molecular formula is C15H19NO5S. The summed E-state index contributed by atoms with van der Waals surface area (Å²) >= 11 is 0. The molecule has 22 heavy (non-hydrogen) atoms. The van der Waals surface area contributed by atoms with Crippen molar-refractivity contribution in [3.8, 4) is 11.5 Å². The Balaban J connectivity index is 2.26. The number of sulfonamides is 1. The van der Waals surface area contributed by atoms with Crippen LogP contribution < -0.4 is 14.2 Å². The molecule has 0 fully saturated rings. The quantitative estimate of drug-likeness (QED) is 0.883. The van der Waals surface area contributed by atoms with E-state index in [1.54, 1.807) is 32.0 Å². The highest BCUT2D eigenvalue weighted by Gasteiger charge is 2.21. The molecule has 0 radical (unpaired) electrons. The van der Waals surface area contributed by atoms with Gasteiger partial charge in [-0.2, -0.15) is 0 Å². The van der Waals surface area contributed by atoms with Gasteiger partial charge in [-0.15, -0.1) is 0 Å². The summed E-state index contributed by atoms with van der Waals surface area (Å²) < 4.78 is 43.1. The van der Waals surface area contributed by atoms with Crippen molar-refractivity contribution in [3.05, 3.63) is 41.9 Å². The fourth-order valence-electron chi connectivity index (χ4n) is 2.03. The zero-order valence-electron chi connectivity index (χ0n) is 12.9. The molecule has 1 heterocycles. The van der Waals surface area contributed by atoms with E-state index in [9.17, 15) is 8.42 Å². The predicted molar refractivity (Wildman–Crippen MR) is 81.7 cm³/mol. The number of methoxy groups -OCH3 is 2. The number of nitrogens with one attached hydrogen (secondary N) is 1. The number of aryl methyl sites for hydroxylation is 1. The summed E-state index contributed by atoms with van der Waals surface area (Å²) in [6, 6.07) is 7.49. The number of hydrogen-bond donors (Lipinski definition) is 1. The van der Waals surface area contributed by atoms with Crippen molar-refractivity contribution in [1.29, 1.82) is 0 Å². The molecule has 1 N–H and O–H groups in total. The normalized spacial score (nSPS) is 12.9. The maximum atomic E-state index is 12.4. The first-order valence-corrected chi connectivity index (χ1v) is 8.16. The summed E-state index contributed by atoms with van der Waals surface area (Å²) in [5, 5.41) is 0. The Morgan fingerprint density at radius 2 is 1.77 bits per heavy atom. The van der Waals surface area contributed by atoms with Gasteiger partial charge in [-0.3, -0.25) is 0 Å². The van der Waals surface area contributed by atoms with Crippen LogP contribution in [0.25, 0.3) is 0 Å². The molecule has 2 rings (SSSR count). The molecule has 0 aliphatic carbocycles. The van der Waals surface area contributed by atoms with E-state index in [-0.39, 0.29) is 4.90 Å². The maximum absolute atomic E-state index is 12.4.